The summed E-state index contributed by atoms with van der Waals surface area (Å²) in [5.74, 6) is 0.606. The molecular weight excluding hydrogens is 296 g/mol. The van der Waals surface area contributed by atoms with Gasteiger partial charge in [-0.15, -0.1) is 0 Å². The van der Waals surface area contributed by atoms with Crippen LogP contribution in [-0.4, -0.2) is 30.4 Å². The van der Waals surface area contributed by atoms with Gasteiger partial charge >= 0.3 is 5.69 Å². The van der Waals surface area contributed by atoms with Gasteiger partial charge in [0, 0.05) is 13.6 Å². The lowest BCUT2D eigenvalue weighted by Crippen LogP contribution is -2.40. The zero-order valence-electron chi connectivity index (χ0n) is 14.4. The standard InChI is InChI=1S/C15H22N6O2/c1-7-19-13(22)11-12(18(6)15(19)23)16-14-20(11)10(5)9(4)17-21(14)8(2)3/h8,10H,7H2,1-6H3/t10-/m0/s1. The number of hydrogen-bond acceptors (Lipinski definition) is 5. The molecule has 0 spiro atoms. The lowest BCUT2D eigenvalue weighted by Gasteiger charge is -2.31. The highest BCUT2D eigenvalue weighted by molar-refractivity contribution is 5.91. The van der Waals surface area contributed by atoms with E-state index in [2.05, 4.69) is 10.1 Å². The van der Waals surface area contributed by atoms with Gasteiger partial charge in [-0.1, -0.05) is 0 Å². The highest BCUT2D eigenvalue weighted by atomic mass is 16.2. The minimum absolute atomic E-state index is 0.0829. The van der Waals surface area contributed by atoms with Gasteiger partial charge in [-0.25, -0.2) is 9.80 Å². The first-order chi connectivity index (χ1) is 10.8. The van der Waals surface area contributed by atoms with Gasteiger partial charge in [0.1, 0.15) is 0 Å². The molecule has 2 aromatic rings. The fourth-order valence-corrected chi connectivity index (χ4v) is 2.97. The first-order valence-corrected chi connectivity index (χ1v) is 7.85. The molecule has 3 heterocycles. The van der Waals surface area contributed by atoms with Crippen molar-refractivity contribution in [3.63, 3.8) is 0 Å². The van der Waals surface area contributed by atoms with Crippen LogP contribution < -0.4 is 16.3 Å². The Labute approximate surface area is 133 Å². The quantitative estimate of drug-likeness (QED) is 0.830. The van der Waals surface area contributed by atoms with E-state index in [4.69, 9.17) is 0 Å². The molecule has 0 radical (unpaired) electrons. The SMILES string of the molecule is CCn1c(=O)c2c(nc3n2[C@@H](C)C(C)=NN3C(C)C)n(C)c1=O. The summed E-state index contributed by atoms with van der Waals surface area (Å²) in [5, 5.41) is 6.40. The number of anilines is 1. The summed E-state index contributed by atoms with van der Waals surface area (Å²) in [6, 6.07) is 0.0129. The van der Waals surface area contributed by atoms with E-state index in [1.54, 1.807) is 19.0 Å². The molecule has 0 aliphatic carbocycles. The average molecular weight is 318 g/mol. The number of aryl methyl sites for hydroxylation is 1. The number of hydrazone groups is 1. The van der Waals surface area contributed by atoms with Gasteiger partial charge in [0.15, 0.2) is 11.2 Å². The maximum atomic E-state index is 12.8. The molecular formula is C15H22N6O2. The maximum Gasteiger partial charge on any atom is 0.332 e. The van der Waals surface area contributed by atoms with Crippen LogP contribution >= 0.6 is 0 Å². The molecule has 1 aliphatic heterocycles. The number of fused-ring (bicyclic) bond motifs is 3. The predicted molar refractivity (Wildman–Crippen MR) is 90.3 cm³/mol. The number of rotatable bonds is 2. The second kappa shape index (κ2) is 5.07. The summed E-state index contributed by atoms with van der Waals surface area (Å²) in [6.45, 7) is 10.1. The van der Waals surface area contributed by atoms with Crippen LogP contribution in [0.3, 0.4) is 0 Å². The summed E-state index contributed by atoms with van der Waals surface area (Å²) in [4.78, 5) is 29.7. The van der Waals surface area contributed by atoms with Gasteiger partial charge in [0.25, 0.3) is 5.56 Å². The number of hydrogen-bond donors (Lipinski definition) is 0. The topological polar surface area (TPSA) is 77.4 Å². The van der Waals surface area contributed by atoms with E-state index in [1.165, 1.54) is 9.13 Å². The Morgan fingerprint density at radius 3 is 2.48 bits per heavy atom. The van der Waals surface area contributed by atoms with Crippen molar-refractivity contribution in [3.8, 4) is 0 Å². The van der Waals surface area contributed by atoms with Gasteiger partial charge in [0.05, 0.1) is 17.8 Å². The molecule has 1 aliphatic rings. The smallest absolute Gasteiger partial charge is 0.294 e. The number of imidazole rings is 1. The molecule has 2 aromatic heterocycles. The second-order valence-electron chi connectivity index (χ2n) is 6.20. The summed E-state index contributed by atoms with van der Waals surface area (Å²) in [5.41, 5.74) is 1.12. The largest absolute Gasteiger partial charge is 0.332 e. The van der Waals surface area contributed by atoms with Gasteiger partial charge < -0.3 is 0 Å². The van der Waals surface area contributed by atoms with Gasteiger partial charge in [0.2, 0.25) is 5.95 Å². The summed E-state index contributed by atoms with van der Waals surface area (Å²) in [6.07, 6.45) is 0. The normalized spacial score (nSPS) is 17.8. The Kier molecular flexibility index (Phi) is 3.42. The molecule has 0 saturated heterocycles. The van der Waals surface area contributed by atoms with Crippen molar-refractivity contribution in [2.24, 2.45) is 12.1 Å². The fourth-order valence-electron chi connectivity index (χ4n) is 2.97. The first kappa shape index (κ1) is 15.5. The van der Waals surface area contributed by atoms with Gasteiger partial charge in [-0.3, -0.25) is 18.5 Å². The molecule has 8 nitrogen and oxygen atoms in total. The third-order valence-electron chi connectivity index (χ3n) is 4.43. The van der Waals surface area contributed by atoms with Crippen molar-refractivity contribution in [2.45, 2.75) is 53.2 Å². The van der Waals surface area contributed by atoms with Crippen LogP contribution in [0.25, 0.3) is 11.2 Å². The summed E-state index contributed by atoms with van der Waals surface area (Å²) < 4.78 is 4.57. The zero-order chi connectivity index (χ0) is 17.0. The van der Waals surface area contributed by atoms with E-state index in [-0.39, 0.29) is 23.3 Å². The lowest BCUT2D eigenvalue weighted by molar-refractivity contribution is 0.594. The Balaban J connectivity index is 2.50. The molecule has 0 fully saturated rings. The van der Waals surface area contributed by atoms with Crippen molar-refractivity contribution < 1.29 is 0 Å². The molecule has 1 atom stereocenters. The Hall–Kier alpha value is -2.38. The van der Waals surface area contributed by atoms with Crippen LogP contribution in [-0.2, 0) is 13.6 Å². The molecule has 23 heavy (non-hydrogen) atoms. The Bertz CT molecular complexity index is 930. The number of nitrogens with zero attached hydrogens (tertiary/aromatic N) is 6. The molecule has 0 unspecified atom stereocenters. The molecule has 8 heteroatoms. The maximum absolute atomic E-state index is 12.8. The van der Waals surface area contributed by atoms with Crippen LogP contribution in [0.4, 0.5) is 5.95 Å². The minimum Gasteiger partial charge on any atom is -0.294 e. The fraction of sp³-hybridized carbons (Fsp3) is 0.600. The Morgan fingerprint density at radius 2 is 1.91 bits per heavy atom. The van der Waals surface area contributed by atoms with Crippen molar-refractivity contribution >= 4 is 22.8 Å². The third-order valence-corrected chi connectivity index (χ3v) is 4.43. The van der Waals surface area contributed by atoms with Crippen molar-refractivity contribution in [2.75, 3.05) is 5.01 Å². The molecule has 0 N–H and O–H groups in total. The predicted octanol–water partition coefficient (Wildman–Crippen LogP) is 1.08. The van der Waals surface area contributed by atoms with Crippen LogP contribution in [0, 0.1) is 0 Å². The molecule has 0 aromatic carbocycles. The Morgan fingerprint density at radius 1 is 1.26 bits per heavy atom. The molecule has 3 rings (SSSR count). The molecule has 0 saturated carbocycles. The van der Waals surface area contributed by atoms with Crippen LogP contribution in [0.15, 0.2) is 14.7 Å². The van der Waals surface area contributed by atoms with E-state index in [1.807, 2.05) is 32.3 Å². The number of aromatic nitrogens is 4. The summed E-state index contributed by atoms with van der Waals surface area (Å²) >= 11 is 0. The second-order valence-corrected chi connectivity index (χ2v) is 6.20. The monoisotopic (exact) mass is 318 g/mol. The van der Waals surface area contributed by atoms with E-state index in [0.29, 0.717) is 23.7 Å². The molecule has 124 valence electrons. The van der Waals surface area contributed by atoms with E-state index in [0.717, 1.165) is 5.71 Å². The highest BCUT2D eigenvalue weighted by Gasteiger charge is 2.31. The summed E-state index contributed by atoms with van der Waals surface area (Å²) in [7, 11) is 1.65. The minimum atomic E-state index is -0.346. The zero-order valence-corrected chi connectivity index (χ0v) is 14.4. The average Bonchev–Trinajstić information content (AvgIpc) is 2.90. The van der Waals surface area contributed by atoms with Crippen molar-refractivity contribution in [1.29, 1.82) is 0 Å². The van der Waals surface area contributed by atoms with E-state index in [9.17, 15) is 9.59 Å². The van der Waals surface area contributed by atoms with Crippen molar-refractivity contribution in [3.05, 3.63) is 20.8 Å². The first-order valence-electron chi connectivity index (χ1n) is 7.85. The van der Waals surface area contributed by atoms with Crippen LogP contribution in [0.5, 0.6) is 0 Å². The van der Waals surface area contributed by atoms with Gasteiger partial charge in [-0.2, -0.15) is 10.1 Å². The molecule has 0 bridgehead atoms. The van der Waals surface area contributed by atoms with Crippen LogP contribution in [0.1, 0.15) is 40.7 Å². The lowest BCUT2D eigenvalue weighted by atomic mass is 10.2. The third kappa shape index (κ3) is 1.97. The van der Waals surface area contributed by atoms with Crippen LogP contribution in [0.2, 0.25) is 0 Å². The van der Waals surface area contributed by atoms with E-state index >= 15 is 0 Å². The van der Waals surface area contributed by atoms with E-state index < -0.39 is 0 Å². The highest BCUT2D eigenvalue weighted by Crippen LogP contribution is 2.30. The molecule has 0 amide bonds. The van der Waals surface area contributed by atoms with Crippen molar-refractivity contribution in [1.82, 2.24) is 18.7 Å². The van der Waals surface area contributed by atoms with Gasteiger partial charge in [-0.05, 0) is 34.6 Å².